The van der Waals surface area contributed by atoms with E-state index in [-0.39, 0.29) is 18.5 Å². The molecule has 3 fully saturated rings. The Kier molecular flexibility index (Phi) is 6.78. The molecule has 3 saturated heterocycles. The number of hydrogen-bond acceptors (Lipinski definition) is 5. The first-order valence-electron chi connectivity index (χ1n) is 13.1. The molecule has 0 saturated carbocycles. The molecule has 0 aliphatic carbocycles. The molecule has 0 bridgehead atoms. The summed E-state index contributed by atoms with van der Waals surface area (Å²) in [6, 6.07) is 14.4. The molecule has 1 spiro atoms. The standard InChI is InChI=1S/C28H37N5O2/c1-22(2)19-33-27(35)32(21-24-7-3-4-14-29-24)26(34)28(33)12-17-30(18-13-28)20-23-8-10-25(11-9-23)31-15-5-6-16-31/h3-4,7-11,14,22H,5-6,12-13,15-21H2,1-2H3. The molecule has 5 rings (SSSR count). The lowest BCUT2D eigenvalue weighted by molar-refractivity contribution is -0.136. The Labute approximate surface area is 208 Å². The summed E-state index contributed by atoms with van der Waals surface area (Å²) >= 11 is 0. The fraction of sp³-hybridized carbons (Fsp3) is 0.536. The van der Waals surface area contributed by atoms with Gasteiger partial charge in [-0.2, -0.15) is 0 Å². The number of amides is 3. The first kappa shape index (κ1) is 23.8. The first-order chi connectivity index (χ1) is 17.0. The number of rotatable bonds is 7. The Balaban J connectivity index is 1.27. The number of piperidine rings is 1. The van der Waals surface area contributed by atoms with Crippen molar-refractivity contribution < 1.29 is 9.59 Å². The maximum atomic E-state index is 13.7. The number of urea groups is 1. The third-order valence-electron chi connectivity index (χ3n) is 7.71. The minimum Gasteiger partial charge on any atom is -0.372 e. The van der Waals surface area contributed by atoms with Crippen molar-refractivity contribution in [3.05, 3.63) is 59.9 Å². The summed E-state index contributed by atoms with van der Waals surface area (Å²) in [6.45, 7) is 9.85. The molecule has 1 aromatic heterocycles. The summed E-state index contributed by atoms with van der Waals surface area (Å²) < 4.78 is 0. The van der Waals surface area contributed by atoms with Gasteiger partial charge < -0.3 is 9.80 Å². The quantitative estimate of drug-likeness (QED) is 0.564. The highest BCUT2D eigenvalue weighted by molar-refractivity contribution is 6.07. The number of hydrogen-bond donors (Lipinski definition) is 0. The predicted octanol–water partition coefficient (Wildman–Crippen LogP) is 4.14. The number of nitrogens with zero attached hydrogens (tertiary/aromatic N) is 5. The van der Waals surface area contributed by atoms with Crippen LogP contribution in [-0.4, -0.2) is 69.9 Å². The number of imide groups is 1. The number of aromatic nitrogens is 1. The maximum Gasteiger partial charge on any atom is 0.328 e. The van der Waals surface area contributed by atoms with Gasteiger partial charge in [0.25, 0.3) is 5.91 Å². The second kappa shape index (κ2) is 9.97. The summed E-state index contributed by atoms with van der Waals surface area (Å²) in [5.41, 5.74) is 2.63. The molecule has 0 atom stereocenters. The van der Waals surface area contributed by atoms with Crippen LogP contribution in [0.25, 0.3) is 0 Å². The zero-order chi connectivity index (χ0) is 24.4. The van der Waals surface area contributed by atoms with Crippen LogP contribution in [0.5, 0.6) is 0 Å². The van der Waals surface area contributed by atoms with Crippen molar-refractivity contribution in [1.29, 1.82) is 0 Å². The average Bonchev–Trinajstić information content (AvgIpc) is 3.47. The highest BCUT2D eigenvalue weighted by atomic mass is 16.2. The van der Waals surface area contributed by atoms with Crippen LogP contribution in [0.1, 0.15) is 50.8 Å². The van der Waals surface area contributed by atoms with Crippen LogP contribution in [0, 0.1) is 5.92 Å². The second-order valence-electron chi connectivity index (χ2n) is 10.7. The maximum absolute atomic E-state index is 13.7. The zero-order valence-electron chi connectivity index (χ0n) is 21.0. The summed E-state index contributed by atoms with van der Waals surface area (Å²) in [5.74, 6) is 0.244. The van der Waals surface area contributed by atoms with E-state index >= 15 is 0 Å². The summed E-state index contributed by atoms with van der Waals surface area (Å²) in [7, 11) is 0. The molecule has 186 valence electrons. The lowest BCUT2D eigenvalue weighted by Gasteiger charge is -2.42. The van der Waals surface area contributed by atoms with Gasteiger partial charge in [-0.05, 0) is 61.4 Å². The van der Waals surface area contributed by atoms with Crippen LogP contribution < -0.4 is 4.90 Å². The van der Waals surface area contributed by atoms with E-state index in [9.17, 15) is 9.59 Å². The van der Waals surface area contributed by atoms with Gasteiger partial charge in [-0.15, -0.1) is 0 Å². The van der Waals surface area contributed by atoms with Gasteiger partial charge in [0.15, 0.2) is 0 Å². The van der Waals surface area contributed by atoms with Crippen molar-refractivity contribution in [1.82, 2.24) is 19.7 Å². The van der Waals surface area contributed by atoms with Gasteiger partial charge >= 0.3 is 6.03 Å². The number of carbonyl (C=O) groups excluding carboxylic acids is 2. The number of likely N-dealkylation sites (tertiary alicyclic amines) is 1. The van der Waals surface area contributed by atoms with E-state index in [1.165, 1.54) is 29.0 Å². The highest BCUT2D eigenvalue weighted by Gasteiger charge is 2.57. The molecule has 7 nitrogen and oxygen atoms in total. The van der Waals surface area contributed by atoms with Crippen LogP contribution in [-0.2, 0) is 17.9 Å². The van der Waals surface area contributed by atoms with Crippen LogP contribution in [0.2, 0.25) is 0 Å². The van der Waals surface area contributed by atoms with Crippen LogP contribution in [0.3, 0.4) is 0 Å². The predicted molar refractivity (Wildman–Crippen MR) is 137 cm³/mol. The Hall–Kier alpha value is -2.93. The third-order valence-corrected chi connectivity index (χ3v) is 7.71. The molecule has 35 heavy (non-hydrogen) atoms. The molecule has 2 aromatic rings. The summed E-state index contributed by atoms with van der Waals surface area (Å²) in [5, 5.41) is 0. The van der Waals surface area contributed by atoms with Crippen molar-refractivity contribution in [2.45, 2.75) is 58.2 Å². The molecular weight excluding hydrogens is 438 g/mol. The molecule has 3 aliphatic heterocycles. The van der Waals surface area contributed by atoms with Gasteiger partial charge in [0.05, 0.1) is 12.2 Å². The Morgan fingerprint density at radius 3 is 2.26 bits per heavy atom. The lowest BCUT2D eigenvalue weighted by Crippen LogP contribution is -2.57. The van der Waals surface area contributed by atoms with Crippen LogP contribution >= 0.6 is 0 Å². The molecule has 3 amide bonds. The van der Waals surface area contributed by atoms with Gasteiger partial charge in [-0.25, -0.2) is 4.79 Å². The Morgan fingerprint density at radius 1 is 0.914 bits per heavy atom. The van der Waals surface area contributed by atoms with E-state index in [0.29, 0.717) is 25.3 Å². The van der Waals surface area contributed by atoms with E-state index in [2.05, 4.69) is 52.9 Å². The highest BCUT2D eigenvalue weighted by Crippen LogP contribution is 2.38. The van der Waals surface area contributed by atoms with E-state index < -0.39 is 5.54 Å². The largest absolute Gasteiger partial charge is 0.372 e. The lowest BCUT2D eigenvalue weighted by atomic mass is 9.85. The van der Waals surface area contributed by atoms with Crippen molar-refractivity contribution in [2.24, 2.45) is 5.92 Å². The average molecular weight is 476 g/mol. The SMILES string of the molecule is CC(C)CN1C(=O)N(Cc2ccccn2)C(=O)C12CCN(Cc1ccc(N3CCCC3)cc1)CC2. The van der Waals surface area contributed by atoms with Crippen LogP contribution in [0.15, 0.2) is 48.7 Å². The summed E-state index contributed by atoms with van der Waals surface area (Å²) in [6.07, 6.45) is 5.62. The van der Waals surface area contributed by atoms with Crippen LogP contribution in [0.4, 0.5) is 10.5 Å². The van der Waals surface area contributed by atoms with Crippen molar-refractivity contribution >= 4 is 17.6 Å². The van der Waals surface area contributed by atoms with E-state index in [0.717, 1.165) is 38.4 Å². The monoisotopic (exact) mass is 475 g/mol. The first-order valence-corrected chi connectivity index (χ1v) is 13.1. The van der Waals surface area contributed by atoms with E-state index in [4.69, 9.17) is 0 Å². The van der Waals surface area contributed by atoms with Gasteiger partial charge in [-0.1, -0.05) is 32.0 Å². The second-order valence-corrected chi connectivity index (χ2v) is 10.7. The minimum absolute atomic E-state index is 0.0524. The van der Waals surface area contributed by atoms with E-state index in [1.54, 1.807) is 6.20 Å². The molecule has 1 aromatic carbocycles. The fourth-order valence-corrected chi connectivity index (χ4v) is 5.80. The summed E-state index contributed by atoms with van der Waals surface area (Å²) in [4.78, 5) is 39.7. The molecule has 4 heterocycles. The van der Waals surface area contributed by atoms with Gasteiger partial charge in [0.2, 0.25) is 0 Å². The Morgan fingerprint density at radius 2 is 1.63 bits per heavy atom. The van der Waals surface area contributed by atoms with Crippen molar-refractivity contribution in [3.8, 4) is 0 Å². The normalized spacial score (nSPS) is 20.6. The van der Waals surface area contributed by atoms with Crippen molar-refractivity contribution in [2.75, 3.05) is 37.6 Å². The number of carbonyl (C=O) groups is 2. The molecule has 0 unspecified atom stereocenters. The zero-order valence-corrected chi connectivity index (χ0v) is 21.0. The van der Waals surface area contributed by atoms with Gasteiger partial charge in [-0.3, -0.25) is 19.6 Å². The third kappa shape index (κ3) is 4.79. The molecule has 0 N–H and O–H groups in total. The van der Waals surface area contributed by atoms with Crippen molar-refractivity contribution in [3.63, 3.8) is 0 Å². The molecule has 0 radical (unpaired) electrons. The number of benzene rings is 1. The molecule has 7 heteroatoms. The smallest absolute Gasteiger partial charge is 0.328 e. The van der Waals surface area contributed by atoms with E-state index in [1.807, 2.05) is 23.1 Å². The number of anilines is 1. The van der Waals surface area contributed by atoms with Gasteiger partial charge in [0, 0.05) is 51.2 Å². The Bertz CT molecular complexity index is 1030. The minimum atomic E-state index is -0.730. The molecular formula is C28H37N5O2. The van der Waals surface area contributed by atoms with Gasteiger partial charge in [0.1, 0.15) is 5.54 Å². The number of pyridine rings is 1. The molecule has 3 aliphatic rings. The fourth-order valence-electron chi connectivity index (χ4n) is 5.80. The topological polar surface area (TPSA) is 60.0 Å².